The van der Waals surface area contributed by atoms with Crippen molar-refractivity contribution in [1.82, 2.24) is 4.90 Å². The van der Waals surface area contributed by atoms with E-state index in [-0.39, 0.29) is 5.82 Å². The number of carboxylic acid groups (broad SMARTS) is 1. The van der Waals surface area contributed by atoms with Crippen LogP contribution >= 0.6 is 15.9 Å². The van der Waals surface area contributed by atoms with Crippen LogP contribution in [0, 0.1) is 5.82 Å². The van der Waals surface area contributed by atoms with Crippen LogP contribution in [0.2, 0.25) is 0 Å². The molecule has 0 saturated carbocycles. The second-order valence-electron chi connectivity index (χ2n) is 4.57. The summed E-state index contributed by atoms with van der Waals surface area (Å²) < 4.78 is 14.1. The second kappa shape index (κ2) is 8.04. The lowest BCUT2D eigenvalue weighted by atomic mass is 10.0. The molecular weight excluding hydrogens is 325 g/mol. The Bertz CT molecular complexity index is 459. The van der Waals surface area contributed by atoms with Crippen molar-refractivity contribution in [3.05, 3.63) is 46.7 Å². The molecule has 0 aromatic heterocycles. The van der Waals surface area contributed by atoms with Crippen LogP contribution in [0.3, 0.4) is 0 Å². The van der Waals surface area contributed by atoms with E-state index in [0.29, 0.717) is 23.0 Å². The quantitative estimate of drug-likeness (QED) is 0.708. The van der Waals surface area contributed by atoms with Crippen LogP contribution in [0.4, 0.5) is 9.18 Å². The lowest BCUT2D eigenvalue weighted by Crippen LogP contribution is -2.34. The van der Waals surface area contributed by atoms with Crippen molar-refractivity contribution in [1.29, 1.82) is 0 Å². The van der Waals surface area contributed by atoms with Crippen molar-refractivity contribution in [3.8, 4) is 0 Å². The van der Waals surface area contributed by atoms with E-state index >= 15 is 0 Å². The zero-order valence-corrected chi connectivity index (χ0v) is 13.1. The molecule has 1 N–H and O–H groups in total. The molecule has 0 heterocycles. The van der Waals surface area contributed by atoms with Crippen molar-refractivity contribution in [2.45, 2.75) is 32.2 Å². The first-order valence-electron chi connectivity index (χ1n) is 6.56. The van der Waals surface area contributed by atoms with E-state index in [1.54, 1.807) is 12.1 Å². The number of carbonyl (C=O) groups is 1. The Hall–Kier alpha value is -1.36. The van der Waals surface area contributed by atoms with Crippen LogP contribution in [-0.4, -0.2) is 22.6 Å². The molecule has 0 spiro atoms. The van der Waals surface area contributed by atoms with Crippen molar-refractivity contribution in [3.63, 3.8) is 0 Å². The Morgan fingerprint density at radius 2 is 2.25 bits per heavy atom. The third-order valence-corrected chi connectivity index (χ3v) is 3.49. The fourth-order valence-corrected chi connectivity index (χ4v) is 2.56. The van der Waals surface area contributed by atoms with E-state index in [9.17, 15) is 14.3 Å². The molecule has 0 aliphatic carbocycles. The minimum atomic E-state index is -0.995. The first-order valence-corrected chi connectivity index (χ1v) is 7.35. The number of unbranched alkanes of at least 4 members (excludes halogenated alkanes) is 1. The molecular formula is C15H19BrFNO2. The van der Waals surface area contributed by atoms with Crippen LogP contribution in [0.15, 0.2) is 35.3 Å². The monoisotopic (exact) mass is 343 g/mol. The molecule has 0 fully saturated rings. The standard InChI is InChI=1S/C15H19BrFNO2/c1-3-5-7-18(15(19)20)14(6-4-2)11-8-12(16)10-13(17)9-11/h4,8-10,14H,2-3,5-7H2,1H3,(H,19,20)/t14-/m0/s1. The highest BCUT2D eigenvalue weighted by Crippen LogP contribution is 2.28. The molecule has 0 unspecified atom stereocenters. The minimum Gasteiger partial charge on any atom is -0.465 e. The number of rotatable bonds is 7. The summed E-state index contributed by atoms with van der Waals surface area (Å²) in [5.41, 5.74) is 0.635. The maximum Gasteiger partial charge on any atom is 0.407 e. The van der Waals surface area contributed by atoms with Gasteiger partial charge in [-0.25, -0.2) is 9.18 Å². The predicted molar refractivity (Wildman–Crippen MR) is 81.3 cm³/mol. The number of hydrogen-bond donors (Lipinski definition) is 1. The van der Waals surface area contributed by atoms with Crippen LogP contribution in [0.25, 0.3) is 0 Å². The molecule has 0 radical (unpaired) electrons. The number of amides is 1. The zero-order chi connectivity index (χ0) is 15.1. The molecule has 3 nitrogen and oxygen atoms in total. The Balaban J connectivity index is 3.11. The highest BCUT2D eigenvalue weighted by molar-refractivity contribution is 9.10. The van der Waals surface area contributed by atoms with E-state index in [0.717, 1.165) is 12.8 Å². The number of hydrogen-bond acceptors (Lipinski definition) is 1. The SMILES string of the molecule is C=CC[C@@H](c1cc(F)cc(Br)c1)N(CCCC)C(=O)O. The third kappa shape index (κ3) is 4.63. The van der Waals surface area contributed by atoms with Gasteiger partial charge in [-0.05, 0) is 36.6 Å². The average Bonchev–Trinajstić information content (AvgIpc) is 2.36. The molecule has 0 bridgehead atoms. The highest BCUT2D eigenvalue weighted by Gasteiger charge is 2.24. The largest absolute Gasteiger partial charge is 0.465 e. The second-order valence-corrected chi connectivity index (χ2v) is 5.49. The fraction of sp³-hybridized carbons (Fsp3) is 0.400. The van der Waals surface area contributed by atoms with Gasteiger partial charge < -0.3 is 10.0 Å². The predicted octanol–water partition coefficient (Wildman–Crippen LogP) is 4.99. The van der Waals surface area contributed by atoms with E-state index in [1.807, 2.05) is 6.92 Å². The topological polar surface area (TPSA) is 40.5 Å². The molecule has 1 rings (SSSR count). The van der Waals surface area contributed by atoms with E-state index in [2.05, 4.69) is 22.5 Å². The molecule has 1 aromatic rings. The summed E-state index contributed by atoms with van der Waals surface area (Å²) in [4.78, 5) is 12.8. The maximum absolute atomic E-state index is 13.5. The normalized spacial score (nSPS) is 11.9. The van der Waals surface area contributed by atoms with Gasteiger partial charge in [-0.2, -0.15) is 0 Å². The van der Waals surface area contributed by atoms with Crippen molar-refractivity contribution in [2.24, 2.45) is 0 Å². The van der Waals surface area contributed by atoms with Gasteiger partial charge in [0.05, 0.1) is 6.04 Å². The average molecular weight is 344 g/mol. The number of benzene rings is 1. The maximum atomic E-state index is 13.5. The minimum absolute atomic E-state index is 0.385. The van der Waals surface area contributed by atoms with Gasteiger partial charge in [0.1, 0.15) is 5.82 Å². The van der Waals surface area contributed by atoms with Crippen molar-refractivity contribution in [2.75, 3.05) is 6.54 Å². The first kappa shape index (κ1) is 16.7. The molecule has 0 aliphatic rings. The third-order valence-electron chi connectivity index (χ3n) is 3.03. The molecule has 5 heteroatoms. The van der Waals surface area contributed by atoms with E-state index in [1.165, 1.54) is 17.0 Å². The van der Waals surface area contributed by atoms with Gasteiger partial charge in [0.15, 0.2) is 0 Å². The fourth-order valence-electron chi connectivity index (χ4n) is 2.08. The summed E-state index contributed by atoms with van der Waals surface area (Å²) in [7, 11) is 0. The first-order chi connectivity index (χ1) is 9.49. The Morgan fingerprint density at radius 1 is 1.55 bits per heavy atom. The Morgan fingerprint density at radius 3 is 2.75 bits per heavy atom. The van der Waals surface area contributed by atoms with Gasteiger partial charge in [-0.15, -0.1) is 6.58 Å². The van der Waals surface area contributed by atoms with Gasteiger partial charge in [0.2, 0.25) is 0 Å². The van der Waals surface area contributed by atoms with Crippen molar-refractivity contribution < 1.29 is 14.3 Å². The molecule has 0 aliphatic heterocycles. The summed E-state index contributed by atoms with van der Waals surface area (Å²) in [6.07, 6.45) is 2.79. The molecule has 1 aromatic carbocycles. The molecule has 1 atom stereocenters. The summed E-state index contributed by atoms with van der Waals surface area (Å²) in [6, 6.07) is 4.06. The van der Waals surface area contributed by atoms with E-state index in [4.69, 9.17) is 0 Å². The summed E-state index contributed by atoms with van der Waals surface area (Å²) >= 11 is 3.24. The Labute approximate surface area is 127 Å². The van der Waals surface area contributed by atoms with Gasteiger partial charge in [-0.1, -0.05) is 35.4 Å². The van der Waals surface area contributed by atoms with E-state index < -0.39 is 12.1 Å². The lowest BCUT2D eigenvalue weighted by Gasteiger charge is -2.29. The number of halogens is 2. The summed E-state index contributed by atoms with van der Waals surface area (Å²) in [5.74, 6) is -0.385. The Kier molecular flexibility index (Phi) is 6.71. The molecule has 20 heavy (non-hydrogen) atoms. The van der Waals surface area contributed by atoms with Crippen LogP contribution < -0.4 is 0 Å². The summed E-state index contributed by atoms with van der Waals surface area (Å²) in [5, 5.41) is 9.38. The molecule has 1 amide bonds. The van der Waals surface area contributed by atoms with Gasteiger partial charge in [0.25, 0.3) is 0 Å². The van der Waals surface area contributed by atoms with Gasteiger partial charge in [-0.3, -0.25) is 0 Å². The van der Waals surface area contributed by atoms with Crippen LogP contribution in [0.5, 0.6) is 0 Å². The van der Waals surface area contributed by atoms with Crippen LogP contribution in [0.1, 0.15) is 37.8 Å². The van der Waals surface area contributed by atoms with Gasteiger partial charge >= 0.3 is 6.09 Å². The molecule has 110 valence electrons. The summed E-state index contributed by atoms with van der Waals surface area (Å²) in [6.45, 7) is 6.10. The van der Waals surface area contributed by atoms with Gasteiger partial charge in [0, 0.05) is 11.0 Å². The number of nitrogens with zero attached hydrogens (tertiary/aromatic N) is 1. The molecule has 0 saturated heterocycles. The highest BCUT2D eigenvalue weighted by atomic mass is 79.9. The lowest BCUT2D eigenvalue weighted by molar-refractivity contribution is 0.123. The van der Waals surface area contributed by atoms with Crippen LogP contribution in [-0.2, 0) is 0 Å². The zero-order valence-electron chi connectivity index (χ0n) is 11.5. The smallest absolute Gasteiger partial charge is 0.407 e. The van der Waals surface area contributed by atoms with Crippen molar-refractivity contribution >= 4 is 22.0 Å².